The maximum atomic E-state index is 13.2. The summed E-state index contributed by atoms with van der Waals surface area (Å²) in [5, 5.41) is 9.09. The molecule has 0 aliphatic carbocycles. The highest BCUT2D eigenvalue weighted by Gasteiger charge is 2.38. The molecule has 2 aromatic rings. The lowest BCUT2D eigenvalue weighted by molar-refractivity contribution is 0.152. The minimum Gasteiger partial charge on any atom is -0.370 e. The number of halogens is 1. The molecule has 0 amide bonds. The average Bonchev–Trinajstić information content (AvgIpc) is 2.55. The largest absolute Gasteiger partial charge is 0.370 e. The summed E-state index contributed by atoms with van der Waals surface area (Å²) in [5.74, 6) is -0.0253. The van der Waals surface area contributed by atoms with Crippen LogP contribution in [0.5, 0.6) is 0 Å². The van der Waals surface area contributed by atoms with Gasteiger partial charge in [-0.1, -0.05) is 12.1 Å². The van der Waals surface area contributed by atoms with E-state index in [4.69, 9.17) is 11.1 Å². The van der Waals surface area contributed by atoms with Gasteiger partial charge in [-0.25, -0.2) is 8.42 Å². The van der Waals surface area contributed by atoms with Crippen molar-refractivity contribution in [1.82, 2.24) is 14.2 Å². The number of hydrogen-bond donors (Lipinski definition) is 2. The van der Waals surface area contributed by atoms with Crippen molar-refractivity contribution in [2.24, 2.45) is 5.73 Å². The Labute approximate surface area is 153 Å². The molecule has 25 heavy (non-hydrogen) atoms. The molecular formula is C16H22ClN5O2S. The van der Waals surface area contributed by atoms with Crippen molar-refractivity contribution in [3.63, 3.8) is 0 Å². The van der Waals surface area contributed by atoms with Gasteiger partial charge in [0, 0.05) is 48.3 Å². The zero-order chi connectivity index (χ0) is 17.5. The number of benzene rings is 1. The van der Waals surface area contributed by atoms with Gasteiger partial charge in [0.2, 0.25) is 10.0 Å². The second-order valence-electron chi connectivity index (χ2n) is 6.16. The van der Waals surface area contributed by atoms with Crippen molar-refractivity contribution in [2.75, 3.05) is 13.1 Å². The van der Waals surface area contributed by atoms with Gasteiger partial charge in [0.25, 0.3) is 0 Å². The molecule has 0 radical (unpaired) electrons. The van der Waals surface area contributed by atoms with E-state index in [9.17, 15) is 8.42 Å². The molecule has 0 bridgehead atoms. The number of pyridine rings is 1. The van der Waals surface area contributed by atoms with Gasteiger partial charge in [-0.3, -0.25) is 10.4 Å². The van der Waals surface area contributed by atoms with Crippen LogP contribution in [0.15, 0.2) is 41.6 Å². The Morgan fingerprint density at radius 1 is 1.24 bits per heavy atom. The summed E-state index contributed by atoms with van der Waals surface area (Å²) in [4.78, 5) is 6.07. The molecule has 2 atom stereocenters. The van der Waals surface area contributed by atoms with Gasteiger partial charge < -0.3 is 10.6 Å². The number of nitrogens with one attached hydrogen (secondary N) is 1. The van der Waals surface area contributed by atoms with Gasteiger partial charge in [0.15, 0.2) is 5.96 Å². The average molecular weight is 384 g/mol. The maximum absolute atomic E-state index is 13.2. The number of sulfonamides is 1. The van der Waals surface area contributed by atoms with Gasteiger partial charge in [0.1, 0.15) is 0 Å². The van der Waals surface area contributed by atoms with E-state index < -0.39 is 10.0 Å². The number of piperazine rings is 1. The molecule has 7 nitrogen and oxygen atoms in total. The van der Waals surface area contributed by atoms with Gasteiger partial charge >= 0.3 is 0 Å². The molecule has 1 aromatic carbocycles. The topological polar surface area (TPSA) is 103 Å². The number of nitrogens with two attached hydrogens (primary N) is 1. The first-order valence-electron chi connectivity index (χ1n) is 7.77. The van der Waals surface area contributed by atoms with Gasteiger partial charge in [-0.15, -0.1) is 12.4 Å². The summed E-state index contributed by atoms with van der Waals surface area (Å²) in [6.45, 7) is 4.42. The van der Waals surface area contributed by atoms with Crippen LogP contribution >= 0.6 is 12.4 Å². The number of hydrogen-bond acceptors (Lipinski definition) is 4. The third kappa shape index (κ3) is 3.42. The Morgan fingerprint density at radius 3 is 2.64 bits per heavy atom. The number of rotatable bonds is 2. The zero-order valence-electron chi connectivity index (χ0n) is 14.1. The lowest BCUT2D eigenvalue weighted by Crippen LogP contribution is -2.60. The van der Waals surface area contributed by atoms with E-state index in [2.05, 4.69) is 4.98 Å². The predicted molar refractivity (Wildman–Crippen MR) is 100 cm³/mol. The first-order chi connectivity index (χ1) is 11.3. The zero-order valence-corrected chi connectivity index (χ0v) is 15.7. The van der Waals surface area contributed by atoms with Gasteiger partial charge in [0.05, 0.1) is 4.90 Å². The molecule has 2 unspecified atom stereocenters. The number of aromatic nitrogens is 1. The normalized spacial score (nSPS) is 21.8. The second kappa shape index (κ2) is 7.15. The van der Waals surface area contributed by atoms with Crippen LogP contribution in [0.1, 0.15) is 13.8 Å². The smallest absolute Gasteiger partial charge is 0.244 e. The van der Waals surface area contributed by atoms with Crippen LogP contribution < -0.4 is 5.73 Å². The van der Waals surface area contributed by atoms with E-state index in [1.165, 1.54) is 4.31 Å². The molecule has 136 valence electrons. The van der Waals surface area contributed by atoms with Crippen molar-refractivity contribution >= 4 is 39.2 Å². The van der Waals surface area contributed by atoms with Crippen LogP contribution in [-0.4, -0.2) is 53.7 Å². The molecular weight excluding hydrogens is 362 g/mol. The third-order valence-electron chi connectivity index (χ3n) is 4.47. The lowest BCUT2D eigenvalue weighted by atomic mass is 10.1. The SMILES string of the molecule is CC1CN(S(=O)(=O)c2cccc3cnccc23)C(C)CN1C(=N)N.Cl. The highest BCUT2D eigenvalue weighted by atomic mass is 35.5. The van der Waals surface area contributed by atoms with Crippen LogP contribution in [0.3, 0.4) is 0 Å². The molecule has 3 rings (SSSR count). The molecule has 0 spiro atoms. The van der Waals surface area contributed by atoms with Crippen molar-refractivity contribution in [2.45, 2.75) is 30.8 Å². The van der Waals surface area contributed by atoms with Crippen molar-refractivity contribution in [3.05, 3.63) is 36.7 Å². The van der Waals surface area contributed by atoms with E-state index in [0.29, 0.717) is 18.5 Å². The molecule has 1 aliphatic heterocycles. The van der Waals surface area contributed by atoms with Crippen LogP contribution in [0.2, 0.25) is 0 Å². The van der Waals surface area contributed by atoms with E-state index >= 15 is 0 Å². The minimum atomic E-state index is -3.65. The molecule has 9 heteroatoms. The minimum absolute atomic E-state index is 0. The summed E-state index contributed by atoms with van der Waals surface area (Å²) in [7, 11) is -3.65. The Bertz CT molecular complexity index is 884. The molecule has 2 heterocycles. The molecule has 0 saturated carbocycles. The Balaban J connectivity index is 0.00000225. The highest BCUT2D eigenvalue weighted by molar-refractivity contribution is 7.89. The lowest BCUT2D eigenvalue weighted by Gasteiger charge is -2.43. The first-order valence-corrected chi connectivity index (χ1v) is 9.21. The third-order valence-corrected chi connectivity index (χ3v) is 6.50. The summed E-state index contributed by atoms with van der Waals surface area (Å²) >= 11 is 0. The Morgan fingerprint density at radius 2 is 1.96 bits per heavy atom. The highest BCUT2D eigenvalue weighted by Crippen LogP contribution is 2.28. The van der Waals surface area contributed by atoms with Crippen molar-refractivity contribution in [1.29, 1.82) is 5.41 Å². The van der Waals surface area contributed by atoms with Gasteiger partial charge in [-0.05, 0) is 26.0 Å². The summed E-state index contributed by atoms with van der Waals surface area (Å²) in [6, 6.07) is 6.52. The molecule has 1 saturated heterocycles. The van der Waals surface area contributed by atoms with Crippen LogP contribution in [0.25, 0.3) is 10.8 Å². The molecule has 1 aliphatic rings. The standard InChI is InChI=1S/C16H21N5O2S.ClH/c1-11-10-21(12(2)9-20(11)16(17)18)24(22,23)15-5-3-4-13-8-19-7-6-14(13)15;/h3-8,11-12H,9-10H2,1-2H3,(H3,17,18);1H. The number of nitrogens with zero attached hydrogens (tertiary/aromatic N) is 3. The fourth-order valence-electron chi connectivity index (χ4n) is 3.21. The fourth-order valence-corrected chi connectivity index (χ4v) is 5.13. The maximum Gasteiger partial charge on any atom is 0.244 e. The van der Waals surface area contributed by atoms with E-state index in [1.807, 2.05) is 19.9 Å². The Kier molecular flexibility index (Phi) is 5.55. The monoisotopic (exact) mass is 383 g/mol. The predicted octanol–water partition coefficient (Wildman–Crippen LogP) is 1.63. The quantitative estimate of drug-likeness (QED) is 0.606. The summed E-state index contributed by atoms with van der Waals surface area (Å²) < 4.78 is 28.0. The van der Waals surface area contributed by atoms with E-state index in [-0.39, 0.29) is 35.3 Å². The van der Waals surface area contributed by atoms with Crippen molar-refractivity contribution < 1.29 is 8.42 Å². The first kappa shape index (κ1) is 19.4. The van der Waals surface area contributed by atoms with Gasteiger partial charge in [-0.2, -0.15) is 4.31 Å². The Hall–Kier alpha value is -1.90. The number of guanidine groups is 1. The van der Waals surface area contributed by atoms with Crippen LogP contribution in [-0.2, 0) is 10.0 Å². The van der Waals surface area contributed by atoms with Crippen molar-refractivity contribution in [3.8, 4) is 0 Å². The molecule has 3 N–H and O–H groups in total. The summed E-state index contributed by atoms with van der Waals surface area (Å²) in [5.41, 5.74) is 5.59. The van der Waals surface area contributed by atoms with Crippen LogP contribution in [0.4, 0.5) is 0 Å². The van der Waals surface area contributed by atoms with E-state index in [1.54, 1.807) is 35.5 Å². The fraction of sp³-hybridized carbons (Fsp3) is 0.375. The van der Waals surface area contributed by atoms with E-state index in [0.717, 1.165) is 5.39 Å². The molecule has 1 fully saturated rings. The summed E-state index contributed by atoms with van der Waals surface area (Å²) in [6.07, 6.45) is 3.26. The number of fused-ring (bicyclic) bond motifs is 1. The molecule has 1 aromatic heterocycles. The van der Waals surface area contributed by atoms with Crippen LogP contribution in [0, 0.1) is 5.41 Å². The second-order valence-corrected chi connectivity index (χ2v) is 8.02.